The predicted molar refractivity (Wildman–Crippen MR) is 129 cm³/mol. The van der Waals surface area contributed by atoms with Gasteiger partial charge in [-0.15, -0.1) is 0 Å². The van der Waals surface area contributed by atoms with Gasteiger partial charge in [0.05, 0.1) is 7.11 Å². The number of nitrogens with two attached hydrogens (primary N) is 1. The summed E-state index contributed by atoms with van der Waals surface area (Å²) < 4.78 is 24.1. The molecule has 1 aromatic rings. The van der Waals surface area contributed by atoms with Gasteiger partial charge < -0.3 is 15.2 Å². The minimum Gasteiger partial charge on any atom is -0.494 e. The van der Waals surface area contributed by atoms with Gasteiger partial charge in [0.2, 0.25) is 5.91 Å². The number of methoxy groups -OCH3 is 1. The third kappa shape index (κ3) is 8.38. The third-order valence-electron chi connectivity index (χ3n) is 6.91. The first-order chi connectivity index (χ1) is 16.4. The lowest BCUT2D eigenvalue weighted by Gasteiger charge is -2.24. The number of carbonyl (C=O) groups excluding carboxylic acids is 2. The van der Waals surface area contributed by atoms with Crippen molar-refractivity contribution in [3.8, 4) is 5.75 Å². The van der Waals surface area contributed by atoms with Gasteiger partial charge in [-0.1, -0.05) is 38.2 Å². The Hall–Kier alpha value is -2.48. The van der Waals surface area contributed by atoms with Crippen LogP contribution in [0.3, 0.4) is 0 Å². The van der Waals surface area contributed by atoms with Gasteiger partial charge in [0, 0.05) is 26.1 Å². The number of rotatable bonds is 10. The first kappa shape index (κ1) is 26.1. The number of aryl methyl sites for hydroxylation is 1. The number of aliphatic imine (C=N–C) groups is 1. The van der Waals surface area contributed by atoms with E-state index in [2.05, 4.69) is 10.3 Å². The number of hydrogen-bond donors (Lipinski definition) is 2. The largest absolute Gasteiger partial charge is 0.494 e. The number of Topliss-reactive ketones (excluding diaryl/α,β-unsaturated/α-hetero) is 1. The van der Waals surface area contributed by atoms with Crippen molar-refractivity contribution in [1.29, 1.82) is 0 Å². The maximum absolute atomic E-state index is 13.7. The minimum absolute atomic E-state index is 0.00895. The van der Waals surface area contributed by atoms with Crippen LogP contribution in [0.1, 0.15) is 69.8 Å². The summed E-state index contributed by atoms with van der Waals surface area (Å²) in [6.07, 6.45) is 9.22. The highest BCUT2D eigenvalue weighted by Gasteiger charge is 2.25. The monoisotopic (exact) mass is 475 g/mol. The van der Waals surface area contributed by atoms with Crippen molar-refractivity contribution < 1.29 is 23.5 Å². The average molecular weight is 476 g/mol. The fourth-order valence-corrected chi connectivity index (χ4v) is 4.90. The zero-order chi connectivity index (χ0) is 24.3. The Kier molecular flexibility index (Phi) is 10.3. The van der Waals surface area contributed by atoms with Crippen molar-refractivity contribution >= 4 is 17.6 Å². The van der Waals surface area contributed by atoms with Gasteiger partial charge in [-0.3, -0.25) is 14.9 Å². The Labute approximate surface area is 201 Å². The molecule has 0 aromatic heterocycles. The van der Waals surface area contributed by atoms with Crippen LogP contribution in [0.25, 0.3) is 0 Å². The highest BCUT2D eigenvalue weighted by Crippen LogP contribution is 2.29. The number of nitrogens with zero attached hydrogens (tertiary/aromatic N) is 1. The normalized spacial score (nSPS) is 18.9. The SMILES string of the molecule is COc1cc(CCC(=O)[C@@H](CC2CCCCC2)N=C(N)NC(=O)CC2CCOCC2)ccc1F. The molecule has 0 bridgehead atoms. The van der Waals surface area contributed by atoms with Gasteiger partial charge in [0.25, 0.3) is 0 Å². The number of ketones is 1. The van der Waals surface area contributed by atoms with E-state index in [0.29, 0.717) is 38.4 Å². The Morgan fingerprint density at radius 2 is 1.91 bits per heavy atom. The van der Waals surface area contributed by atoms with Gasteiger partial charge in [0.15, 0.2) is 23.3 Å². The van der Waals surface area contributed by atoms with Crippen LogP contribution in [-0.4, -0.2) is 44.0 Å². The summed E-state index contributed by atoms with van der Waals surface area (Å²) >= 11 is 0. The van der Waals surface area contributed by atoms with E-state index in [4.69, 9.17) is 15.2 Å². The molecule has 0 spiro atoms. The maximum atomic E-state index is 13.7. The molecule has 1 atom stereocenters. The van der Waals surface area contributed by atoms with Crippen LogP contribution in [0.4, 0.5) is 4.39 Å². The van der Waals surface area contributed by atoms with Crippen LogP contribution < -0.4 is 15.8 Å². The second-order valence-electron chi connectivity index (χ2n) is 9.51. The highest BCUT2D eigenvalue weighted by molar-refractivity contribution is 5.97. The number of carbonyl (C=O) groups is 2. The van der Waals surface area contributed by atoms with Crippen LogP contribution in [0.2, 0.25) is 0 Å². The van der Waals surface area contributed by atoms with Gasteiger partial charge >= 0.3 is 0 Å². The summed E-state index contributed by atoms with van der Waals surface area (Å²) in [6.45, 7) is 1.36. The molecule has 1 heterocycles. The molecule has 3 rings (SSSR count). The second kappa shape index (κ2) is 13.4. The number of benzene rings is 1. The highest BCUT2D eigenvalue weighted by atomic mass is 19.1. The number of ether oxygens (including phenoxy) is 2. The molecule has 3 N–H and O–H groups in total. The molecule has 1 aliphatic carbocycles. The topological polar surface area (TPSA) is 103 Å². The molecule has 1 saturated heterocycles. The van der Waals surface area contributed by atoms with Gasteiger partial charge in [-0.05, 0) is 55.2 Å². The lowest BCUT2D eigenvalue weighted by molar-refractivity contribution is -0.122. The lowest BCUT2D eigenvalue weighted by atomic mass is 9.83. The van der Waals surface area contributed by atoms with Crippen LogP contribution in [-0.2, 0) is 20.7 Å². The van der Waals surface area contributed by atoms with Crippen molar-refractivity contribution in [2.24, 2.45) is 22.6 Å². The lowest BCUT2D eigenvalue weighted by Crippen LogP contribution is -2.40. The molecule has 2 fully saturated rings. The summed E-state index contributed by atoms with van der Waals surface area (Å²) in [5.74, 6) is 0.275. The smallest absolute Gasteiger partial charge is 0.226 e. The van der Waals surface area contributed by atoms with Crippen molar-refractivity contribution in [2.45, 2.75) is 76.7 Å². The van der Waals surface area contributed by atoms with Crippen LogP contribution in [0.15, 0.2) is 23.2 Å². The van der Waals surface area contributed by atoms with E-state index in [-0.39, 0.29) is 35.7 Å². The molecule has 34 heavy (non-hydrogen) atoms. The second-order valence-corrected chi connectivity index (χ2v) is 9.51. The van der Waals surface area contributed by atoms with E-state index < -0.39 is 11.9 Å². The maximum Gasteiger partial charge on any atom is 0.226 e. The molecule has 1 amide bonds. The molecular formula is C26H38FN3O4. The Morgan fingerprint density at radius 3 is 2.62 bits per heavy atom. The fourth-order valence-electron chi connectivity index (χ4n) is 4.90. The number of nitrogens with one attached hydrogen (secondary N) is 1. The molecule has 1 aliphatic heterocycles. The van der Waals surface area contributed by atoms with E-state index >= 15 is 0 Å². The Morgan fingerprint density at radius 1 is 1.18 bits per heavy atom. The molecule has 2 aliphatic rings. The quantitative estimate of drug-likeness (QED) is 0.394. The minimum atomic E-state index is -0.589. The van der Waals surface area contributed by atoms with Crippen molar-refractivity contribution in [1.82, 2.24) is 5.32 Å². The summed E-state index contributed by atoms with van der Waals surface area (Å²) in [5, 5.41) is 2.68. The number of halogens is 1. The van der Waals surface area contributed by atoms with Crippen LogP contribution in [0, 0.1) is 17.7 Å². The molecule has 7 nitrogen and oxygen atoms in total. The standard InChI is InChI=1S/C26H38FN3O4/c1-33-24-16-19(7-9-21(24)27)8-10-23(31)22(15-18-5-3-2-4-6-18)29-26(28)30-25(32)17-20-11-13-34-14-12-20/h7,9,16,18,20,22H,2-6,8,10-15,17H2,1H3,(H3,28,29,30,32)/t22-/m1/s1. The Bertz CT molecular complexity index is 848. The zero-order valence-electron chi connectivity index (χ0n) is 20.2. The van der Waals surface area contributed by atoms with Crippen LogP contribution >= 0.6 is 0 Å². The summed E-state index contributed by atoms with van der Waals surface area (Å²) in [4.78, 5) is 30.0. The first-order valence-corrected chi connectivity index (χ1v) is 12.5. The molecular weight excluding hydrogens is 437 g/mol. The number of guanidine groups is 1. The molecule has 0 unspecified atom stereocenters. The molecule has 188 valence electrons. The Balaban J connectivity index is 1.61. The van der Waals surface area contributed by atoms with Crippen molar-refractivity contribution in [3.63, 3.8) is 0 Å². The van der Waals surface area contributed by atoms with E-state index in [1.54, 1.807) is 12.1 Å². The molecule has 1 saturated carbocycles. The van der Waals surface area contributed by atoms with Crippen LogP contribution in [0.5, 0.6) is 5.75 Å². The first-order valence-electron chi connectivity index (χ1n) is 12.5. The molecule has 8 heteroatoms. The summed E-state index contributed by atoms with van der Waals surface area (Å²) in [6, 6.07) is 4.04. The summed E-state index contributed by atoms with van der Waals surface area (Å²) in [7, 11) is 1.42. The van der Waals surface area contributed by atoms with E-state index in [0.717, 1.165) is 31.2 Å². The third-order valence-corrected chi connectivity index (χ3v) is 6.91. The average Bonchev–Trinajstić information content (AvgIpc) is 2.84. The number of amides is 1. The summed E-state index contributed by atoms with van der Waals surface area (Å²) in [5.41, 5.74) is 6.89. The predicted octanol–water partition coefficient (Wildman–Crippen LogP) is 3.92. The zero-order valence-corrected chi connectivity index (χ0v) is 20.2. The van der Waals surface area contributed by atoms with E-state index in [9.17, 15) is 14.0 Å². The van der Waals surface area contributed by atoms with E-state index in [1.165, 1.54) is 32.4 Å². The van der Waals surface area contributed by atoms with Crippen molar-refractivity contribution in [2.75, 3.05) is 20.3 Å². The molecule has 0 radical (unpaired) electrons. The van der Waals surface area contributed by atoms with Crippen molar-refractivity contribution in [3.05, 3.63) is 29.6 Å². The molecule has 1 aromatic carbocycles. The van der Waals surface area contributed by atoms with E-state index in [1.807, 2.05) is 0 Å². The van der Waals surface area contributed by atoms with Gasteiger partial charge in [0.1, 0.15) is 6.04 Å². The number of hydrogen-bond acceptors (Lipinski definition) is 5. The van der Waals surface area contributed by atoms with Gasteiger partial charge in [-0.2, -0.15) is 0 Å². The fraction of sp³-hybridized carbons (Fsp3) is 0.654. The van der Waals surface area contributed by atoms with Gasteiger partial charge in [-0.25, -0.2) is 9.38 Å².